The summed E-state index contributed by atoms with van der Waals surface area (Å²) in [6.07, 6.45) is 11.7. The normalized spacial score (nSPS) is 37.2. The van der Waals surface area contributed by atoms with Gasteiger partial charge in [-0.2, -0.15) is 0 Å². The predicted octanol–water partition coefficient (Wildman–Crippen LogP) is 2.64. The van der Waals surface area contributed by atoms with Crippen LogP contribution in [-0.4, -0.2) is 37.1 Å². The smallest absolute Gasteiger partial charge is 0.00939 e. The highest BCUT2D eigenvalue weighted by Gasteiger charge is 2.35. The number of rotatable bonds is 3. The maximum absolute atomic E-state index is 3.96. The molecule has 0 aromatic rings. The fourth-order valence-electron chi connectivity index (χ4n) is 3.88. The molecule has 0 aromatic carbocycles. The zero-order valence-electron chi connectivity index (χ0n) is 11.3. The molecule has 17 heavy (non-hydrogen) atoms. The number of piperidine rings is 1. The lowest BCUT2D eigenvalue weighted by Crippen LogP contribution is -2.46. The van der Waals surface area contributed by atoms with E-state index in [0.29, 0.717) is 0 Å². The largest absolute Gasteiger partial charge is 0.311 e. The molecule has 1 saturated heterocycles. The fourth-order valence-corrected chi connectivity index (χ4v) is 3.88. The molecule has 3 aliphatic rings. The van der Waals surface area contributed by atoms with Gasteiger partial charge in [0.25, 0.3) is 0 Å². The molecule has 0 radical (unpaired) electrons. The standard InChI is InChI=1S/C15H28N2/c1-17-9-7-14(8-10-17)16-15-4-2-3-13(11-15)12-5-6-12/h12-16H,2-11H2,1H3. The summed E-state index contributed by atoms with van der Waals surface area (Å²) in [5.74, 6) is 2.20. The highest BCUT2D eigenvalue weighted by atomic mass is 15.1. The molecular weight excluding hydrogens is 208 g/mol. The second kappa shape index (κ2) is 5.27. The van der Waals surface area contributed by atoms with Crippen LogP contribution in [0.2, 0.25) is 0 Å². The molecule has 1 N–H and O–H groups in total. The van der Waals surface area contributed by atoms with Crippen LogP contribution in [-0.2, 0) is 0 Å². The average molecular weight is 236 g/mol. The van der Waals surface area contributed by atoms with E-state index < -0.39 is 0 Å². The Balaban J connectivity index is 1.44. The van der Waals surface area contributed by atoms with E-state index in [1.54, 1.807) is 0 Å². The zero-order valence-corrected chi connectivity index (χ0v) is 11.3. The van der Waals surface area contributed by atoms with Crippen LogP contribution in [0.1, 0.15) is 51.4 Å². The molecule has 2 aliphatic carbocycles. The van der Waals surface area contributed by atoms with Gasteiger partial charge in [0.1, 0.15) is 0 Å². The van der Waals surface area contributed by atoms with E-state index in [1.807, 2.05) is 0 Å². The number of nitrogens with one attached hydrogen (secondary N) is 1. The number of hydrogen-bond acceptors (Lipinski definition) is 2. The lowest BCUT2D eigenvalue weighted by molar-refractivity contribution is 0.193. The Morgan fingerprint density at radius 3 is 2.29 bits per heavy atom. The van der Waals surface area contributed by atoms with Gasteiger partial charge in [-0.15, -0.1) is 0 Å². The van der Waals surface area contributed by atoms with Crippen molar-refractivity contribution in [1.29, 1.82) is 0 Å². The minimum atomic E-state index is 0.814. The Morgan fingerprint density at radius 2 is 1.59 bits per heavy atom. The minimum absolute atomic E-state index is 0.814. The van der Waals surface area contributed by atoms with Crippen LogP contribution in [0, 0.1) is 11.8 Å². The molecule has 1 heterocycles. The van der Waals surface area contributed by atoms with E-state index in [0.717, 1.165) is 23.9 Å². The zero-order chi connectivity index (χ0) is 11.7. The summed E-state index contributed by atoms with van der Waals surface area (Å²) in [6.45, 7) is 2.58. The lowest BCUT2D eigenvalue weighted by atomic mass is 9.82. The first kappa shape index (κ1) is 12.0. The molecule has 3 rings (SSSR count). The van der Waals surface area contributed by atoms with Gasteiger partial charge in [0.2, 0.25) is 0 Å². The quantitative estimate of drug-likeness (QED) is 0.810. The van der Waals surface area contributed by atoms with E-state index in [1.165, 1.54) is 64.5 Å². The summed E-state index contributed by atoms with van der Waals surface area (Å²) in [7, 11) is 2.25. The molecule has 2 saturated carbocycles. The van der Waals surface area contributed by atoms with Crippen molar-refractivity contribution in [3.8, 4) is 0 Å². The molecule has 0 amide bonds. The molecule has 3 fully saturated rings. The van der Waals surface area contributed by atoms with Gasteiger partial charge in [0.05, 0.1) is 0 Å². The topological polar surface area (TPSA) is 15.3 Å². The van der Waals surface area contributed by atoms with Crippen molar-refractivity contribution in [2.75, 3.05) is 20.1 Å². The summed E-state index contributed by atoms with van der Waals surface area (Å²) in [4.78, 5) is 2.46. The molecule has 0 bridgehead atoms. The van der Waals surface area contributed by atoms with E-state index in [2.05, 4.69) is 17.3 Å². The Labute approximate surface area is 106 Å². The maximum Gasteiger partial charge on any atom is 0.00939 e. The number of hydrogen-bond donors (Lipinski definition) is 1. The van der Waals surface area contributed by atoms with Crippen molar-refractivity contribution in [1.82, 2.24) is 10.2 Å². The Kier molecular flexibility index (Phi) is 3.72. The van der Waals surface area contributed by atoms with Gasteiger partial charge in [0, 0.05) is 12.1 Å². The molecule has 1 aliphatic heterocycles. The molecule has 2 atom stereocenters. The van der Waals surface area contributed by atoms with E-state index >= 15 is 0 Å². The SMILES string of the molecule is CN1CCC(NC2CCCC(C3CC3)C2)CC1. The Hall–Kier alpha value is -0.0800. The highest BCUT2D eigenvalue weighted by molar-refractivity contribution is 4.89. The first-order chi connectivity index (χ1) is 8.31. The van der Waals surface area contributed by atoms with Gasteiger partial charge in [-0.05, 0) is 70.5 Å². The predicted molar refractivity (Wildman–Crippen MR) is 72.1 cm³/mol. The van der Waals surface area contributed by atoms with Crippen molar-refractivity contribution in [2.45, 2.75) is 63.5 Å². The third kappa shape index (κ3) is 3.23. The average Bonchev–Trinajstić information content (AvgIpc) is 3.17. The third-order valence-corrected chi connectivity index (χ3v) is 5.19. The molecular formula is C15H28N2. The van der Waals surface area contributed by atoms with Gasteiger partial charge < -0.3 is 10.2 Å². The first-order valence-electron chi connectivity index (χ1n) is 7.76. The van der Waals surface area contributed by atoms with Gasteiger partial charge in [-0.3, -0.25) is 0 Å². The van der Waals surface area contributed by atoms with Crippen LogP contribution in [0.4, 0.5) is 0 Å². The lowest BCUT2D eigenvalue weighted by Gasteiger charge is -2.36. The van der Waals surface area contributed by atoms with Crippen LogP contribution < -0.4 is 5.32 Å². The van der Waals surface area contributed by atoms with Crippen molar-refractivity contribution in [2.24, 2.45) is 11.8 Å². The molecule has 2 nitrogen and oxygen atoms in total. The molecule has 0 spiro atoms. The van der Waals surface area contributed by atoms with Crippen LogP contribution >= 0.6 is 0 Å². The van der Waals surface area contributed by atoms with Crippen molar-refractivity contribution in [3.05, 3.63) is 0 Å². The summed E-state index contributed by atoms with van der Waals surface area (Å²) in [5, 5.41) is 3.96. The van der Waals surface area contributed by atoms with Crippen molar-refractivity contribution in [3.63, 3.8) is 0 Å². The second-order valence-electron chi connectivity index (χ2n) is 6.71. The fraction of sp³-hybridized carbons (Fsp3) is 1.00. The number of likely N-dealkylation sites (tertiary alicyclic amines) is 1. The highest BCUT2D eigenvalue weighted by Crippen LogP contribution is 2.44. The summed E-state index contributed by atoms with van der Waals surface area (Å²) in [5.41, 5.74) is 0. The molecule has 98 valence electrons. The van der Waals surface area contributed by atoms with E-state index in [4.69, 9.17) is 0 Å². The van der Waals surface area contributed by atoms with Gasteiger partial charge in [0.15, 0.2) is 0 Å². The summed E-state index contributed by atoms with van der Waals surface area (Å²) < 4.78 is 0. The summed E-state index contributed by atoms with van der Waals surface area (Å²) >= 11 is 0. The van der Waals surface area contributed by atoms with Crippen LogP contribution in [0.3, 0.4) is 0 Å². The van der Waals surface area contributed by atoms with E-state index in [-0.39, 0.29) is 0 Å². The van der Waals surface area contributed by atoms with Crippen molar-refractivity contribution < 1.29 is 0 Å². The monoisotopic (exact) mass is 236 g/mol. The van der Waals surface area contributed by atoms with E-state index in [9.17, 15) is 0 Å². The molecule has 0 aromatic heterocycles. The molecule has 2 unspecified atom stereocenters. The molecule has 2 heteroatoms. The van der Waals surface area contributed by atoms with Gasteiger partial charge >= 0.3 is 0 Å². The van der Waals surface area contributed by atoms with Crippen LogP contribution in [0.15, 0.2) is 0 Å². The van der Waals surface area contributed by atoms with Crippen molar-refractivity contribution >= 4 is 0 Å². The summed E-state index contributed by atoms with van der Waals surface area (Å²) in [6, 6.07) is 1.66. The second-order valence-corrected chi connectivity index (χ2v) is 6.71. The third-order valence-electron chi connectivity index (χ3n) is 5.19. The van der Waals surface area contributed by atoms with Gasteiger partial charge in [-0.1, -0.05) is 12.8 Å². The van der Waals surface area contributed by atoms with Crippen LogP contribution in [0.25, 0.3) is 0 Å². The Bertz CT molecular complexity index is 241. The Morgan fingerprint density at radius 1 is 0.824 bits per heavy atom. The first-order valence-corrected chi connectivity index (χ1v) is 7.76. The number of nitrogens with zero attached hydrogens (tertiary/aromatic N) is 1. The van der Waals surface area contributed by atoms with Crippen LogP contribution in [0.5, 0.6) is 0 Å². The minimum Gasteiger partial charge on any atom is -0.311 e. The van der Waals surface area contributed by atoms with Gasteiger partial charge in [-0.25, -0.2) is 0 Å². The maximum atomic E-state index is 3.96.